The van der Waals surface area contributed by atoms with Crippen LogP contribution in [0.2, 0.25) is 0 Å². The molecule has 1 unspecified atom stereocenters. The maximum atomic E-state index is 13.3. The van der Waals surface area contributed by atoms with Gasteiger partial charge in [0.25, 0.3) is 5.91 Å². The molecule has 5 amide bonds. The summed E-state index contributed by atoms with van der Waals surface area (Å²) in [4.78, 5) is 53.7. The van der Waals surface area contributed by atoms with E-state index in [2.05, 4.69) is 5.10 Å². The molecule has 0 saturated carbocycles. The summed E-state index contributed by atoms with van der Waals surface area (Å²) in [6, 6.07) is 13.7. The molecule has 1 saturated heterocycles. The number of thiophene rings is 1. The highest BCUT2D eigenvalue weighted by Crippen LogP contribution is 2.33. The van der Waals surface area contributed by atoms with Gasteiger partial charge in [0.2, 0.25) is 0 Å². The van der Waals surface area contributed by atoms with E-state index in [0.29, 0.717) is 29.2 Å². The van der Waals surface area contributed by atoms with E-state index in [1.165, 1.54) is 22.6 Å². The van der Waals surface area contributed by atoms with Gasteiger partial charge in [-0.2, -0.15) is 5.10 Å². The molecule has 1 atom stereocenters. The lowest BCUT2D eigenvalue weighted by Crippen LogP contribution is -2.42. The first-order valence-corrected chi connectivity index (χ1v) is 12.0. The summed E-state index contributed by atoms with van der Waals surface area (Å²) in [6.45, 7) is 1.47. The van der Waals surface area contributed by atoms with Gasteiger partial charge in [-0.1, -0.05) is 35.9 Å². The standard InChI is InChI=1S/C25H22N4O5S/c1-16-6-8-17(9-7-16)19-14-20(21-5-2-12-34-21)29(26-19)22(30)15-28-24(32)23(31)27(25(28)33)11-10-18-4-3-13-35-18/h2-9,12-13,20H,10-11,14-15H2,1H3. The molecular formula is C25H22N4O5S. The Morgan fingerprint density at radius 1 is 1.06 bits per heavy atom. The third-order valence-electron chi connectivity index (χ3n) is 6.01. The van der Waals surface area contributed by atoms with Crippen molar-refractivity contribution in [3.05, 3.63) is 81.9 Å². The van der Waals surface area contributed by atoms with Crippen molar-refractivity contribution in [1.82, 2.24) is 14.8 Å². The lowest BCUT2D eigenvalue weighted by molar-refractivity contribution is -0.145. The minimum atomic E-state index is -1.01. The first-order valence-electron chi connectivity index (χ1n) is 11.1. The van der Waals surface area contributed by atoms with Crippen LogP contribution in [0.1, 0.15) is 34.2 Å². The number of hydrogen-bond acceptors (Lipinski definition) is 7. The van der Waals surface area contributed by atoms with E-state index in [1.807, 2.05) is 48.7 Å². The molecule has 1 fully saturated rings. The molecule has 178 valence electrons. The van der Waals surface area contributed by atoms with Gasteiger partial charge in [-0.25, -0.2) is 14.7 Å². The number of amides is 5. The van der Waals surface area contributed by atoms with Gasteiger partial charge in [-0.3, -0.25) is 19.3 Å². The zero-order chi connectivity index (χ0) is 24.5. The Bertz CT molecular complexity index is 1300. The van der Waals surface area contributed by atoms with Crippen molar-refractivity contribution in [2.75, 3.05) is 13.1 Å². The van der Waals surface area contributed by atoms with Crippen LogP contribution in [0.5, 0.6) is 0 Å². The number of furan rings is 1. The van der Waals surface area contributed by atoms with Gasteiger partial charge in [0.15, 0.2) is 0 Å². The van der Waals surface area contributed by atoms with E-state index in [4.69, 9.17) is 4.42 Å². The summed E-state index contributed by atoms with van der Waals surface area (Å²) >= 11 is 1.50. The number of aryl methyl sites for hydroxylation is 1. The van der Waals surface area contributed by atoms with Crippen LogP contribution in [0.3, 0.4) is 0 Å². The minimum absolute atomic E-state index is 0.0725. The third kappa shape index (κ3) is 4.40. The van der Waals surface area contributed by atoms with E-state index in [-0.39, 0.29) is 6.54 Å². The minimum Gasteiger partial charge on any atom is -0.467 e. The van der Waals surface area contributed by atoms with Crippen molar-refractivity contribution in [2.24, 2.45) is 5.10 Å². The average Bonchev–Trinajstić information content (AvgIpc) is 3.65. The third-order valence-corrected chi connectivity index (χ3v) is 6.95. The van der Waals surface area contributed by atoms with Crippen LogP contribution in [0.15, 0.2) is 69.7 Å². The second-order valence-corrected chi connectivity index (χ2v) is 9.38. The maximum absolute atomic E-state index is 13.3. The van der Waals surface area contributed by atoms with Gasteiger partial charge >= 0.3 is 17.8 Å². The number of hydrogen-bond donors (Lipinski definition) is 0. The number of carbonyl (C=O) groups excluding carboxylic acids is 4. The van der Waals surface area contributed by atoms with Crippen molar-refractivity contribution in [3.63, 3.8) is 0 Å². The second kappa shape index (κ2) is 9.30. The topological polar surface area (TPSA) is 104 Å². The second-order valence-electron chi connectivity index (χ2n) is 8.35. The molecule has 3 aromatic rings. The first kappa shape index (κ1) is 22.7. The van der Waals surface area contributed by atoms with E-state index in [0.717, 1.165) is 20.9 Å². The summed E-state index contributed by atoms with van der Waals surface area (Å²) in [6.07, 6.45) is 2.37. The van der Waals surface area contributed by atoms with Crippen LogP contribution in [0.4, 0.5) is 4.79 Å². The number of carbonyl (C=O) groups is 4. The molecule has 2 aliphatic heterocycles. The molecule has 0 bridgehead atoms. The Labute approximate surface area is 205 Å². The smallest absolute Gasteiger partial charge is 0.334 e. The Hall–Kier alpha value is -4.05. The molecule has 0 radical (unpaired) electrons. The molecular weight excluding hydrogens is 468 g/mol. The summed E-state index contributed by atoms with van der Waals surface area (Å²) in [5.74, 6) is -1.97. The Morgan fingerprint density at radius 2 is 1.83 bits per heavy atom. The number of urea groups is 1. The first-order chi connectivity index (χ1) is 16.9. The molecule has 0 aliphatic carbocycles. The van der Waals surface area contributed by atoms with Crippen LogP contribution < -0.4 is 0 Å². The molecule has 9 nitrogen and oxygen atoms in total. The van der Waals surface area contributed by atoms with Crippen LogP contribution in [-0.2, 0) is 20.8 Å². The summed E-state index contributed by atoms with van der Waals surface area (Å²) in [5.41, 5.74) is 2.65. The van der Waals surface area contributed by atoms with E-state index < -0.39 is 36.3 Å². The van der Waals surface area contributed by atoms with Crippen molar-refractivity contribution < 1.29 is 23.6 Å². The average molecular weight is 491 g/mol. The van der Waals surface area contributed by atoms with Crippen molar-refractivity contribution in [3.8, 4) is 0 Å². The summed E-state index contributed by atoms with van der Waals surface area (Å²) in [5, 5.41) is 7.66. The molecule has 4 heterocycles. The predicted octanol–water partition coefficient (Wildman–Crippen LogP) is 3.36. The molecule has 10 heteroatoms. The highest BCUT2D eigenvalue weighted by atomic mass is 32.1. The fraction of sp³-hybridized carbons (Fsp3) is 0.240. The Balaban J connectivity index is 1.34. The normalized spacial score (nSPS) is 18.1. The number of nitrogens with zero attached hydrogens (tertiary/aromatic N) is 4. The van der Waals surface area contributed by atoms with Gasteiger partial charge in [0, 0.05) is 24.3 Å². The number of imide groups is 2. The summed E-state index contributed by atoms with van der Waals surface area (Å²) in [7, 11) is 0. The molecule has 2 aliphatic rings. The Kier molecular flexibility index (Phi) is 6.04. The molecule has 2 aromatic heterocycles. The van der Waals surface area contributed by atoms with Crippen molar-refractivity contribution in [2.45, 2.75) is 25.8 Å². The molecule has 0 spiro atoms. The number of benzene rings is 1. The SMILES string of the molecule is Cc1ccc(C2=NN(C(=O)CN3C(=O)C(=O)N(CCc4cccs4)C3=O)C(c3ccco3)C2)cc1. The lowest BCUT2D eigenvalue weighted by atomic mass is 10.0. The fourth-order valence-electron chi connectivity index (χ4n) is 4.13. The van der Waals surface area contributed by atoms with E-state index >= 15 is 0 Å². The van der Waals surface area contributed by atoms with Crippen LogP contribution in [-0.4, -0.2) is 57.4 Å². The molecule has 35 heavy (non-hydrogen) atoms. The van der Waals surface area contributed by atoms with Crippen molar-refractivity contribution >= 4 is 40.8 Å². The monoisotopic (exact) mass is 490 g/mol. The zero-order valence-corrected chi connectivity index (χ0v) is 19.7. The van der Waals surface area contributed by atoms with E-state index in [1.54, 1.807) is 12.1 Å². The van der Waals surface area contributed by atoms with E-state index in [9.17, 15) is 19.2 Å². The Morgan fingerprint density at radius 3 is 2.51 bits per heavy atom. The number of hydrazone groups is 1. The highest BCUT2D eigenvalue weighted by molar-refractivity contribution is 7.09. The van der Waals surface area contributed by atoms with Crippen LogP contribution in [0, 0.1) is 6.92 Å². The van der Waals surface area contributed by atoms with Gasteiger partial charge in [0.05, 0.1) is 12.0 Å². The van der Waals surface area contributed by atoms with Gasteiger partial charge in [-0.15, -0.1) is 11.3 Å². The van der Waals surface area contributed by atoms with Crippen LogP contribution >= 0.6 is 11.3 Å². The number of rotatable bonds is 7. The molecule has 5 rings (SSSR count). The molecule has 1 aromatic carbocycles. The zero-order valence-electron chi connectivity index (χ0n) is 18.9. The highest BCUT2D eigenvalue weighted by Gasteiger charge is 2.46. The maximum Gasteiger partial charge on any atom is 0.334 e. The lowest BCUT2D eigenvalue weighted by Gasteiger charge is -2.22. The largest absolute Gasteiger partial charge is 0.467 e. The van der Waals surface area contributed by atoms with Gasteiger partial charge in [0.1, 0.15) is 18.3 Å². The van der Waals surface area contributed by atoms with Crippen LogP contribution in [0.25, 0.3) is 0 Å². The predicted molar refractivity (Wildman–Crippen MR) is 127 cm³/mol. The van der Waals surface area contributed by atoms with Gasteiger partial charge in [-0.05, 0) is 36.1 Å². The molecule has 0 N–H and O–H groups in total. The quantitative estimate of drug-likeness (QED) is 0.373. The van der Waals surface area contributed by atoms with Gasteiger partial charge < -0.3 is 4.42 Å². The summed E-state index contributed by atoms with van der Waals surface area (Å²) < 4.78 is 5.54. The van der Waals surface area contributed by atoms with Crippen molar-refractivity contribution in [1.29, 1.82) is 0 Å². The fourth-order valence-corrected chi connectivity index (χ4v) is 4.83.